The van der Waals surface area contributed by atoms with Crippen LogP contribution in [0.4, 0.5) is 11.5 Å². The third-order valence-corrected chi connectivity index (χ3v) is 3.95. The van der Waals surface area contributed by atoms with E-state index in [1.165, 1.54) is 25.1 Å². The molecule has 0 radical (unpaired) electrons. The van der Waals surface area contributed by atoms with Crippen molar-refractivity contribution < 1.29 is 4.92 Å². The average molecular weight is 262 g/mol. The highest BCUT2D eigenvalue weighted by molar-refractivity contribution is 5.41. The molecule has 0 aromatic carbocycles. The van der Waals surface area contributed by atoms with Crippen LogP contribution in [-0.4, -0.2) is 39.5 Å². The Morgan fingerprint density at radius 3 is 2.84 bits per heavy atom. The highest BCUT2D eigenvalue weighted by Crippen LogP contribution is 2.33. The number of hydrogen-bond donors (Lipinski definition) is 1. The lowest BCUT2D eigenvalue weighted by Crippen LogP contribution is -2.31. The number of nitrogens with zero attached hydrogens (tertiary/aromatic N) is 3. The van der Waals surface area contributed by atoms with Gasteiger partial charge in [-0.15, -0.1) is 0 Å². The van der Waals surface area contributed by atoms with E-state index < -0.39 is 4.92 Å². The van der Waals surface area contributed by atoms with Crippen molar-refractivity contribution in [1.29, 1.82) is 0 Å². The summed E-state index contributed by atoms with van der Waals surface area (Å²) in [6, 6.07) is 4.97. The van der Waals surface area contributed by atoms with E-state index in [9.17, 15) is 10.1 Å². The lowest BCUT2D eigenvalue weighted by molar-refractivity contribution is -0.385. The Labute approximate surface area is 112 Å². The van der Waals surface area contributed by atoms with Crippen LogP contribution in [0, 0.1) is 10.1 Å². The molecule has 6 heteroatoms. The van der Waals surface area contributed by atoms with Crippen molar-refractivity contribution in [2.24, 2.45) is 0 Å². The van der Waals surface area contributed by atoms with Gasteiger partial charge in [0, 0.05) is 30.7 Å². The minimum absolute atomic E-state index is 0.0324. The van der Waals surface area contributed by atoms with E-state index in [1.807, 2.05) is 0 Å². The van der Waals surface area contributed by atoms with Gasteiger partial charge in [0.25, 0.3) is 5.69 Å². The second kappa shape index (κ2) is 4.77. The molecule has 3 rings (SSSR count). The fraction of sp³-hybridized carbons (Fsp3) is 0.615. The van der Waals surface area contributed by atoms with Gasteiger partial charge >= 0.3 is 0 Å². The molecule has 102 valence electrons. The molecule has 1 N–H and O–H groups in total. The van der Waals surface area contributed by atoms with E-state index >= 15 is 0 Å². The molecule has 2 heterocycles. The van der Waals surface area contributed by atoms with E-state index in [0.717, 1.165) is 24.8 Å². The van der Waals surface area contributed by atoms with Gasteiger partial charge in [0.05, 0.1) is 4.92 Å². The normalized spacial score (nSPS) is 27.4. The van der Waals surface area contributed by atoms with Crippen molar-refractivity contribution >= 4 is 11.5 Å². The Morgan fingerprint density at radius 2 is 2.26 bits per heavy atom. The van der Waals surface area contributed by atoms with Gasteiger partial charge in [0.1, 0.15) is 12.0 Å². The molecule has 1 aliphatic heterocycles. The first-order valence-electron chi connectivity index (χ1n) is 6.76. The number of aromatic nitrogens is 1. The van der Waals surface area contributed by atoms with Gasteiger partial charge in [-0.2, -0.15) is 0 Å². The Hall–Kier alpha value is -1.69. The maximum atomic E-state index is 10.6. The second-order valence-electron chi connectivity index (χ2n) is 5.51. The first-order valence-corrected chi connectivity index (χ1v) is 6.76. The third-order valence-electron chi connectivity index (χ3n) is 3.95. The first-order chi connectivity index (χ1) is 9.13. The molecule has 2 aliphatic rings. The monoisotopic (exact) mass is 262 g/mol. The van der Waals surface area contributed by atoms with E-state index in [1.54, 1.807) is 6.07 Å². The summed E-state index contributed by atoms with van der Waals surface area (Å²) in [6.07, 6.45) is 5.06. The van der Waals surface area contributed by atoms with Gasteiger partial charge < -0.3 is 5.32 Å². The molecular weight excluding hydrogens is 244 g/mol. The van der Waals surface area contributed by atoms with Crippen LogP contribution in [-0.2, 0) is 0 Å². The van der Waals surface area contributed by atoms with Crippen LogP contribution in [0.25, 0.3) is 0 Å². The minimum atomic E-state index is -0.427. The molecule has 1 aromatic rings. The summed E-state index contributed by atoms with van der Waals surface area (Å²) in [4.78, 5) is 16.8. The highest BCUT2D eigenvalue weighted by atomic mass is 16.6. The number of nitro groups is 1. The zero-order valence-electron chi connectivity index (χ0n) is 11.0. The first kappa shape index (κ1) is 12.3. The molecule has 0 spiro atoms. The van der Waals surface area contributed by atoms with Crippen LogP contribution in [0.2, 0.25) is 0 Å². The Kier molecular flexibility index (Phi) is 3.10. The zero-order chi connectivity index (χ0) is 13.4. The van der Waals surface area contributed by atoms with Crippen molar-refractivity contribution in [3.05, 3.63) is 28.4 Å². The summed E-state index contributed by atoms with van der Waals surface area (Å²) in [6.45, 7) is 3.31. The number of pyridine rings is 1. The van der Waals surface area contributed by atoms with E-state index in [4.69, 9.17) is 0 Å². The van der Waals surface area contributed by atoms with Crippen molar-refractivity contribution in [1.82, 2.24) is 9.88 Å². The predicted octanol–water partition coefficient (Wildman–Crippen LogP) is 2.03. The summed E-state index contributed by atoms with van der Waals surface area (Å²) in [5.74, 6) is 0.723. The SMILES string of the molecule is CC1CC(Nc2ccc([N+](=O)[O-])cn2)CN1C1CC1. The molecule has 0 amide bonds. The fourth-order valence-electron chi connectivity index (χ4n) is 2.86. The van der Waals surface area contributed by atoms with Crippen molar-refractivity contribution in [2.75, 3.05) is 11.9 Å². The summed E-state index contributed by atoms with van der Waals surface area (Å²) < 4.78 is 0. The maximum Gasteiger partial charge on any atom is 0.287 e. The van der Waals surface area contributed by atoms with Crippen LogP contribution >= 0.6 is 0 Å². The number of rotatable bonds is 4. The third kappa shape index (κ3) is 2.68. The molecule has 1 saturated carbocycles. The van der Waals surface area contributed by atoms with E-state index in [-0.39, 0.29) is 5.69 Å². The Morgan fingerprint density at radius 1 is 1.47 bits per heavy atom. The van der Waals surface area contributed by atoms with Gasteiger partial charge in [0.2, 0.25) is 0 Å². The molecule has 1 saturated heterocycles. The summed E-state index contributed by atoms with van der Waals surface area (Å²) in [5, 5.41) is 13.9. The number of likely N-dealkylation sites (tertiary alicyclic amines) is 1. The predicted molar refractivity (Wildman–Crippen MR) is 72.1 cm³/mol. The quantitative estimate of drug-likeness (QED) is 0.664. The lowest BCUT2D eigenvalue weighted by Gasteiger charge is -2.19. The van der Waals surface area contributed by atoms with Crippen molar-refractivity contribution in [3.8, 4) is 0 Å². The Balaban J connectivity index is 1.60. The number of hydrogen-bond acceptors (Lipinski definition) is 5. The van der Waals surface area contributed by atoms with Gasteiger partial charge in [0.15, 0.2) is 0 Å². The van der Waals surface area contributed by atoms with Crippen molar-refractivity contribution in [3.63, 3.8) is 0 Å². The van der Waals surface area contributed by atoms with Crippen molar-refractivity contribution in [2.45, 2.75) is 44.3 Å². The highest BCUT2D eigenvalue weighted by Gasteiger charge is 2.38. The van der Waals surface area contributed by atoms with Gasteiger partial charge in [-0.1, -0.05) is 0 Å². The van der Waals surface area contributed by atoms with Gasteiger partial charge in [-0.25, -0.2) is 4.98 Å². The second-order valence-corrected chi connectivity index (χ2v) is 5.51. The molecule has 0 bridgehead atoms. The molecule has 2 unspecified atom stereocenters. The maximum absolute atomic E-state index is 10.6. The number of anilines is 1. The van der Waals surface area contributed by atoms with Crippen LogP contribution in [0.15, 0.2) is 18.3 Å². The molecule has 1 aliphatic carbocycles. The number of nitrogens with one attached hydrogen (secondary N) is 1. The van der Waals surface area contributed by atoms with E-state index in [0.29, 0.717) is 12.1 Å². The lowest BCUT2D eigenvalue weighted by atomic mass is 10.2. The van der Waals surface area contributed by atoms with Crippen LogP contribution < -0.4 is 5.32 Å². The summed E-state index contributed by atoms with van der Waals surface area (Å²) >= 11 is 0. The van der Waals surface area contributed by atoms with Gasteiger partial charge in [-0.3, -0.25) is 15.0 Å². The summed E-state index contributed by atoms with van der Waals surface area (Å²) in [5.41, 5.74) is 0.0324. The van der Waals surface area contributed by atoms with Crippen LogP contribution in [0.5, 0.6) is 0 Å². The standard InChI is InChI=1S/C13H18N4O2/c1-9-6-10(8-16(9)11-2-3-11)15-13-5-4-12(7-14-13)17(18)19/h4-5,7,9-11H,2-3,6,8H2,1H3,(H,14,15). The smallest absolute Gasteiger partial charge is 0.287 e. The topological polar surface area (TPSA) is 71.3 Å². The summed E-state index contributed by atoms with van der Waals surface area (Å²) in [7, 11) is 0. The Bertz CT molecular complexity index is 472. The van der Waals surface area contributed by atoms with Crippen LogP contribution in [0.1, 0.15) is 26.2 Å². The average Bonchev–Trinajstić information content (AvgIpc) is 3.15. The largest absolute Gasteiger partial charge is 0.366 e. The molecule has 19 heavy (non-hydrogen) atoms. The van der Waals surface area contributed by atoms with Gasteiger partial charge in [-0.05, 0) is 32.3 Å². The zero-order valence-corrected chi connectivity index (χ0v) is 11.0. The van der Waals surface area contributed by atoms with Crippen LogP contribution in [0.3, 0.4) is 0 Å². The molecule has 2 fully saturated rings. The molecule has 1 aromatic heterocycles. The van der Waals surface area contributed by atoms with E-state index in [2.05, 4.69) is 22.1 Å². The molecule has 6 nitrogen and oxygen atoms in total. The molecule has 2 atom stereocenters. The minimum Gasteiger partial charge on any atom is -0.366 e. The fourth-order valence-corrected chi connectivity index (χ4v) is 2.86. The molecular formula is C13H18N4O2.